The summed E-state index contributed by atoms with van der Waals surface area (Å²) in [6.45, 7) is 0. The van der Waals surface area contributed by atoms with Gasteiger partial charge in [-0.15, -0.1) is 0 Å². The molecule has 14 heavy (non-hydrogen) atoms. The molecule has 0 fully saturated rings. The van der Waals surface area contributed by atoms with Crippen LogP contribution in [0.15, 0.2) is 16.6 Å². The summed E-state index contributed by atoms with van der Waals surface area (Å²) in [5.74, 6) is -3.84. The van der Waals surface area contributed by atoms with Crippen molar-refractivity contribution in [3.05, 3.63) is 28.0 Å². The van der Waals surface area contributed by atoms with Gasteiger partial charge in [-0.25, -0.2) is 13.2 Å². The molecule has 0 heterocycles. The maximum Gasteiger partial charge on any atom is 0.300 e. The number of carbonyl (C=O) groups excluding carboxylic acids is 1. The van der Waals surface area contributed by atoms with E-state index in [1.165, 1.54) is 0 Å². The molecule has 1 aromatic carbocycles. The summed E-state index contributed by atoms with van der Waals surface area (Å²) in [7, 11) is 0. The van der Waals surface area contributed by atoms with Gasteiger partial charge in [0.25, 0.3) is 0 Å². The number of alkyl halides is 2. The van der Waals surface area contributed by atoms with E-state index in [0.717, 1.165) is 12.1 Å². The number of carbonyl (C=O) groups is 1. The van der Waals surface area contributed by atoms with Crippen LogP contribution in [0, 0.1) is 5.82 Å². The van der Waals surface area contributed by atoms with Gasteiger partial charge in [-0.05, 0) is 28.1 Å². The van der Waals surface area contributed by atoms with E-state index in [-0.39, 0.29) is 4.47 Å². The summed E-state index contributed by atoms with van der Waals surface area (Å²) in [6, 6.07) is 2.08. The Hall–Kier alpha value is -1.04. The Balaban J connectivity index is 3.33. The molecule has 6 heteroatoms. The van der Waals surface area contributed by atoms with Gasteiger partial charge >= 0.3 is 6.43 Å². The quantitative estimate of drug-likeness (QED) is 0.838. The van der Waals surface area contributed by atoms with Crippen LogP contribution < -0.4 is 0 Å². The third-order valence-electron chi connectivity index (χ3n) is 1.52. The normalized spacial score (nSPS) is 10.6. The van der Waals surface area contributed by atoms with Crippen molar-refractivity contribution in [2.75, 3.05) is 0 Å². The summed E-state index contributed by atoms with van der Waals surface area (Å²) < 4.78 is 36.9. The smallest absolute Gasteiger partial charge is 0.300 e. The van der Waals surface area contributed by atoms with Gasteiger partial charge < -0.3 is 5.11 Å². The van der Waals surface area contributed by atoms with Crippen LogP contribution in [0.1, 0.15) is 10.4 Å². The Morgan fingerprint density at radius 1 is 1.43 bits per heavy atom. The van der Waals surface area contributed by atoms with Gasteiger partial charge in [0, 0.05) is 4.47 Å². The van der Waals surface area contributed by atoms with Gasteiger partial charge in [0.05, 0.1) is 5.56 Å². The maximum absolute atomic E-state index is 13.0. The molecule has 76 valence electrons. The van der Waals surface area contributed by atoms with Crippen molar-refractivity contribution in [2.24, 2.45) is 0 Å². The van der Waals surface area contributed by atoms with Gasteiger partial charge in [0.1, 0.15) is 0 Å². The Bertz CT molecular complexity index is 379. The highest BCUT2D eigenvalue weighted by Crippen LogP contribution is 2.28. The van der Waals surface area contributed by atoms with Crippen LogP contribution in [0.2, 0.25) is 0 Å². The lowest BCUT2D eigenvalue weighted by molar-refractivity contribution is 0.0672. The highest BCUT2D eigenvalue weighted by molar-refractivity contribution is 9.10. The van der Waals surface area contributed by atoms with Crippen LogP contribution in [0.3, 0.4) is 0 Å². The molecular formula is C8H4BrF3O2. The van der Waals surface area contributed by atoms with Crippen LogP contribution in [-0.4, -0.2) is 17.3 Å². The SMILES string of the molecule is O=C(c1c(Br)ccc(O)c1F)C(F)F. The average molecular weight is 269 g/mol. The Morgan fingerprint density at radius 3 is 2.50 bits per heavy atom. The van der Waals surface area contributed by atoms with Gasteiger partial charge in [-0.1, -0.05) is 0 Å². The van der Waals surface area contributed by atoms with Gasteiger partial charge in [-0.3, -0.25) is 4.79 Å². The molecule has 1 rings (SSSR count). The largest absolute Gasteiger partial charge is 0.505 e. The number of hydrogen-bond donors (Lipinski definition) is 1. The summed E-state index contributed by atoms with van der Waals surface area (Å²) in [5, 5.41) is 8.86. The lowest BCUT2D eigenvalue weighted by Crippen LogP contribution is -2.13. The molecule has 1 N–H and O–H groups in total. The first-order chi connectivity index (χ1) is 6.45. The maximum atomic E-state index is 13.0. The van der Waals surface area contributed by atoms with E-state index in [2.05, 4.69) is 15.9 Å². The second-order valence-electron chi connectivity index (χ2n) is 2.42. The zero-order valence-corrected chi connectivity index (χ0v) is 8.19. The number of Topliss-reactive ketones (excluding diaryl/α,β-unsaturated/α-hetero) is 1. The van der Waals surface area contributed by atoms with Gasteiger partial charge in [0.2, 0.25) is 5.78 Å². The van der Waals surface area contributed by atoms with Crippen LogP contribution in [0.4, 0.5) is 13.2 Å². The first-order valence-corrected chi connectivity index (χ1v) is 4.23. The molecule has 0 unspecified atom stereocenters. The second-order valence-corrected chi connectivity index (χ2v) is 3.27. The molecular weight excluding hydrogens is 265 g/mol. The van der Waals surface area contributed by atoms with Crippen LogP contribution >= 0.6 is 15.9 Å². The summed E-state index contributed by atoms with van der Waals surface area (Å²) in [5.41, 5.74) is -0.833. The number of phenols is 1. The molecule has 0 amide bonds. The highest BCUT2D eigenvalue weighted by Gasteiger charge is 2.25. The monoisotopic (exact) mass is 268 g/mol. The summed E-state index contributed by atoms with van der Waals surface area (Å²) >= 11 is 2.74. The number of halogens is 4. The van der Waals surface area contributed by atoms with E-state index < -0.39 is 29.3 Å². The molecule has 0 aromatic heterocycles. The lowest BCUT2D eigenvalue weighted by atomic mass is 10.1. The van der Waals surface area contributed by atoms with E-state index in [1.54, 1.807) is 0 Å². The minimum Gasteiger partial charge on any atom is -0.505 e. The standard InChI is InChI=1S/C8H4BrF3O2/c9-3-1-2-4(13)6(10)5(3)7(14)8(11)12/h1-2,8,13H. The van der Waals surface area contributed by atoms with Crippen molar-refractivity contribution in [3.8, 4) is 5.75 Å². The minimum atomic E-state index is -3.30. The van der Waals surface area contributed by atoms with Gasteiger partial charge in [-0.2, -0.15) is 0 Å². The number of benzene rings is 1. The molecule has 0 aliphatic rings. The number of rotatable bonds is 2. The number of phenolic OH excluding ortho intramolecular Hbond substituents is 1. The van der Waals surface area contributed by atoms with Crippen LogP contribution in [0.5, 0.6) is 5.75 Å². The van der Waals surface area contributed by atoms with Crippen molar-refractivity contribution in [1.82, 2.24) is 0 Å². The number of hydrogen-bond acceptors (Lipinski definition) is 2. The first-order valence-electron chi connectivity index (χ1n) is 3.44. The lowest BCUT2D eigenvalue weighted by Gasteiger charge is -2.05. The molecule has 0 saturated carbocycles. The fourth-order valence-corrected chi connectivity index (χ4v) is 1.38. The van der Waals surface area contributed by atoms with E-state index in [0.29, 0.717) is 0 Å². The van der Waals surface area contributed by atoms with Crippen molar-refractivity contribution >= 4 is 21.7 Å². The first kappa shape index (κ1) is 11.0. The van der Waals surface area contributed by atoms with E-state index in [1.807, 2.05) is 0 Å². The molecule has 0 aliphatic heterocycles. The number of ketones is 1. The number of aromatic hydroxyl groups is 1. The van der Waals surface area contributed by atoms with Crippen molar-refractivity contribution < 1.29 is 23.1 Å². The third-order valence-corrected chi connectivity index (χ3v) is 2.18. The van der Waals surface area contributed by atoms with Gasteiger partial charge in [0.15, 0.2) is 11.6 Å². The predicted molar refractivity (Wildman–Crippen MR) is 46.1 cm³/mol. The zero-order chi connectivity index (χ0) is 10.9. The molecule has 0 radical (unpaired) electrons. The Labute approximate surface area is 85.5 Å². The summed E-state index contributed by atoms with van der Waals surface area (Å²) in [4.78, 5) is 10.8. The topological polar surface area (TPSA) is 37.3 Å². The second kappa shape index (κ2) is 4.00. The Morgan fingerprint density at radius 2 is 2.00 bits per heavy atom. The van der Waals surface area contributed by atoms with E-state index >= 15 is 0 Å². The molecule has 1 aromatic rings. The van der Waals surface area contributed by atoms with Crippen molar-refractivity contribution in [1.29, 1.82) is 0 Å². The molecule has 0 aliphatic carbocycles. The highest BCUT2D eigenvalue weighted by atomic mass is 79.9. The van der Waals surface area contributed by atoms with Crippen molar-refractivity contribution in [3.63, 3.8) is 0 Å². The van der Waals surface area contributed by atoms with Crippen LogP contribution in [-0.2, 0) is 0 Å². The minimum absolute atomic E-state index is 0.113. The molecule has 0 bridgehead atoms. The zero-order valence-electron chi connectivity index (χ0n) is 6.60. The third kappa shape index (κ3) is 1.89. The Kier molecular flexibility index (Phi) is 3.15. The molecule has 0 saturated heterocycles. The average Bonchev–Trinajstić information content (AvgIpc) is 2.12. The van der Waals surface area contributed by atoms with E-state index in [9.17, 15) is 18.0 Å². The summed E-state index contributed by atoms with van der Waals surface area (Å²) in [6.07, 6.45) is -3.30. The fraction of sp³-hybridized carbons (Fsp3) is 0.125. The fourth-order valence-electron chi connectivity index (χ4n) is 0.876. The molecule has 0 atom stereocenters. The van der Waals surface area contributed by atoms with Crippen LogP contribution in [0.25, 0.3) is 0 Å². The predicted octanol–water partition coefficient (Wildman–Crippen LogP) is 2.74. The molecule has 0 spiro atoms. The molecule has 2 nitrogen and oxygen atoms in total. The van der Waals surface area contributed by atoms with Crippen molar-refractivity contribution in [2.45, 2.75) is 6.43 Å². The van der Waals surface area contributed by atoms with E-state index in [4.69, 9.17) is 5.11 Å².